The largest absolute Gasteiger partial charge is 0.341 e. The number of nitrogens with zero attached hydrogens (tertiary/aromatic N) is 3. The highest BCUT2D eigenvalue weighted by Gasteiger charge is 2.37. The van der Waals surface area contributed by atoms with Crippen LogP contribution in [0, 0.1) is 17.2 Å². The van der Waals surface area contributed by atoms with Gasteiger partial charge >= 0.3 is 0 Å². The second kappa shape index (κ2) is 12.8. The fourth-order valence-electron chi connectivity index (χ4n) is 5.67. The first-order valence-corrected chi connectivity index (χ1v) is 14.4. The van der Waals surface area contributed by atoms with Crippen molar-refractivity contribution in [2.24, 2.45) is 16.8 Å². The van der Waals surface area contributed by atoms with Gasteiger partial charge in [0, 0.05) is 65.5 Å². The Balaban J connectivity index is 1.35. The lowest BCUT2D eigenvalue weighted by atomic mass is 9.84. The molecule has 40 heavy (non-hydrogen) atoms. The second-order valence-electron chi connectivity index (χ2n) is 10.4. The highest BCUT2D eigenvalue weighted by atomic mass is 35.5. The van der Waals surface area contributed by atoms with E-state index < -0.39 is 5.92 Å². The zero-order chi connectivity index (χ0) is 28.1. The molecule has 5 rings (SSSR count). The molecule has 0 saturated carbocycles. The van der Waals surface area contributed by atoms with Crippen molar-refractivity contribution in [1.29, 1.82) is 5.41 Å². The van der Waals surface area contributed by atoms with Crippen LogP contribution >= 0.6 is 23.2 Å². The third-order valence-electron chi connectivity index (χ3n) is 7.90. The number of hydrogen-bond donors (Lipinski definition) is 1. The lowest BCUT2D eigenvalue weighted by Gasteiger charge is -2.34. The van der Waals surface area contributed by atoms with E-state index in [1.807, 2.05) is 40.1 Å². The number of carbonyl (C=O) groups is 2. The van der Waals surface area contributed by atoms with Crippen molar-refractivity contribution in [2.45, 2.75) is 25.2 Å². The first-order valence-electron chi connectivity index (χ1n) is 13.7. The molecule has 0 aromatic heterocycles. The molecule has 3 aromatic carbocycles. The maximum atomic E-state index is 13.9. The first-order chi connectivity index (χ1) is 19.4. The first kappa shape index (κ1) is 28.1. The van der Waals surface area contributed by atoms with E-state index in [4.69, 9.17) is 33.6 Å². The van der Waals surface area contributed by atoms with Crippen molar-refractivity contribution in [3.05, 3.63) is 100 Å². The molecule has 3 aromatic rings. The van der Waals surface area contributed by atoms with Gasteiger partial charge in [0.15, 0.2) is 0 Å². The van der Waals surface area contributed by atoms with Crippen molar-refractivity contribution in [3.8, 4) is 0 Å². The summed E-state index contributed by atoms with van der Waals surface area (Å²) in [6.07, 6.45) is 3.46. The molecule has 2 unspecified atom stereocenters. The topological polar surface area (TPSA) is 76.8 Å². The summed E-state index contributed by atoms with van der Waals surface area (Å²) < 4.78 is 0. The number of amides is 2. The van der Waals surface area contributed by atoms with Gasteiger partial charge in [-0.25, -0.2) is 0 Å². The molecule has 0 aliphatic carbocycles. The van der Waals surface area contributed by atoms with Gasteiger partial charge in [0.05, 0.1) is 5.69 Å². The molecule has 2 amide bonds. The molecule has 2 fully saturated rings. The number of benzene rings is 3. The Morgan fingerprint density at radius 1 is 0.825 bits per heavy atom. The summed E-state index contributed by atoms with van der Waals surface area (Å²) in [5, 5.41) is 9.51. The molecule has 8 heteroatoms. The van der Waals surface area contributed by atoms with E-state index >= 15 is 0 Å². The van der Waals surface area contributed by atoms with E-state index in [1.54, 1.807) is 36.4 Å². The Morgan fingerprint density at radius 3 is 2.05 bits per heavy atom. The zero-order valence-corrected chi connectivity index (χ0v) is 23.7. The lowest BCUT2D eigenvalue weighted by molar-refractivity contribution is -0.130. The average molecular weight is 576 g/mol. The molecule has 6 nitrogen and oxygen atoms in total. The SMILES string of the molecule is N=CC(C(=O)N1CCC(c2ccccc2)C1)C(=Nc1ccc(Cl)cc1)C1CCN(C(=O)c2ccc(Cl)cc2)CC1. The number of hydrogen-bond acceptors (Lipinski definition) is 4. The maximum absolute atomic E-state index is 13.9. The van der Waals surface area contributed by atoms with E-state index in [-0.39, 0.29) is 23.7 Å². The summed E-state index contributed by atoms with van der Waals surface area (Å²) in [5.74, 6) is -0.618. The van der Waals surface area contributed by atoms with E-state index in [1.165, 1.54) is 11.8 Å². The molecular formula is C32H32Cl2N4O2. The maximum Gasteiger partial charge on any atom is 0.253 e. The van der Waals surface area contributed by atoms with Crippen LogP contribution in [0.4, 0.5) is 5.69 Å². The smallest absolute Gasteiger partial charge is 0.253 e. The molecule has 1 N–H and O–H groups in total. The predicted octanol–water partition coefficient (Wildman–Crippen LogP) is 6.90. The van der Waals surface area contributed by atoms with Gasteiger partial charge in [-0.05, 0) is 73.4 Å². The Morgan fingerprint density at radius 2 is 1.43 bits per heavy atom. The number of rotatable bonds is 7. The van der Waals surface area contributed by atoms with Gasteiger partial charge in [0.25, 0.3) is 5.91 Å². The number of likely N-dealkylation sites (tertiary alicyclic amines) is 2. The fourth-order valence-corrected chi connectivity index (χ4v) is 5.92. The van der Waals surface area contributed by atoms with Crippen LogP contribution in [0.5, 0.6) is 0 Å². The van der Waals surface area contributed by atoms with Crippen LogP contribution in [0.3, 0.4) is 0 Å². The lowest BCUT2D eigenvalue weighted by Crippen LogP contribution is -2.45. The van der Waals surface area contributed by atoms with Gasteiger partial charge in [0.2, 0.25) is 5.91 Å². The van der Waals surface area contributed by atoms with Gasteiger partial charge < -0.3 is 15.2 Å². The zero-order valence-electron chi connectivity index (χ0n) is 22.2. The number of carbonyl (C=O) groups excluding carboxylic acids is 2. The minimum atomic E-state index is -0.756. The molecule has 206 valence electrons. The molecule has 2 saturated heterocycles. The summed E-state index contributed by atoms with van der Waals surface area (Å²) in [5.41, 5.74) is 3.22. The van der Waals surface area contributed by atoms with E-state index in [0.29, 0.717) is 66.0 Å². The molecule has 2 aliphatic heterocycles. The summed E-state index contributed by atoms with van der Waals surface area (Å²) in [6.45, 7) is 2.38. The van der Waals surface area contributed by atoms with Crippen LogP contribution in [-0.2, 0) is 4.79 Å². The predicted molar refractivity (Wildman–Crippen MR) is 161 cm³/mol. The fraction of sp³-hybridized carbons (Fsp3) is 0.312. The number of aliphatic imine (C=N–C) groups is 1. The van der Waals surface area contributed by atoms with Crippen LogP contribution in [0.2, 0.25) is 10.0 Å². The van der Waals surface area contributed by atoms with Gasteiger partial charge in [-0.1, -0.05) is 53.5 Å². The quantitative estimate of drug-likeness (QED) is 0.311. The van der Waals surface area contributed by atoms with Crippen LogP contribution in [-0.4, -0.2) is 59.7 Å². The average Bonchev–Trinajstić information content (AvgIpc) is 3.49. The number of piperidine rings is 1. The summed E-state index contributed by atoms with van der Waals surface area (Å²) >= 11 is 12.1. The van der Waals surface area contributed by atoms with Gasteiger partial charge in [0.1, 0.15) is 5.92 Å². The van der Waals surface area contributed by atoms with Crippen molar-refractivity contribution in [2.75, 3.05) is 26.2 Å². The van der Waals surface area contributed by atoms with Crippen LogP contribution < -0.4 is 0 Å². The minimum Gasteiger partial charge on any atom is -0.341 e. The number of nitrogens with one attached hydrogen (secondary N) is 1. The highest BCUT2D eigenvalue weighted by molar-refractivity contribution is 6.31. The van der Waals surface area contributed by atoms with Gasteiger partial charge in [-0.3, -0.25) is 14.6 Å². The normalized spacial score (nSPS) is 18.9. The molecule has 0 bridgehead atoms. The molecule has 2 aliphatic rings. The monoisotopic (exact) mass is 574 g/mol. The Hall–Kier alpha value is -3.48. The second-order valence-corrected chi connectivity index (χ2v) is 11.3. The summed E-state index contributed by atoms with van der Waals surface area (Å²) in [7, 11) is 0. The standard InChI is InChI=1S/C32H32Cl2N4O2/c33-26-8-6-24(7-9-26)31(39)37-17-14-23(15-18-37)30(36-28-12-10-27(34)11-13-28)29(20-35)32(40)38-19-16-25(21-38)22-4-2-1-3-5-22/h1-13,20,23,25,29,35H,14-19,21H2. The molecule has 0 radical (unpaired) electrons. The molecular weight excluding hydrogens is 543 g/mol. The Labute approximate surface area is 245 Å². The third-order valence-corrected chi connectivity index (χ3v) is 8.40. The van der Waals surface area contributed by atoms with Gasteiger partial charge in [-0.2, -0.15) is 0 Å². The van der Waals surface area contributed by atoms with Crippen molar-refractivity contribution in [1.82, 2.24) is 9.80 Å². The molecule has 0 spiro atoms. The molecule has 2 atom stereocenters. The van der Waals surface area contributed by atoms with Crippen LogP contribution in [0.15, 0.2) is 83.9 Å². The summed E-state index contributed by atoms with van der Waals surface area (Å²) in [4.78, 5) is 35.6. The highest BCUT2D eigenvalue weighted by Crippen LogP contribution is 2.31. The van der Waals surface area contributed by atoms with E-state index in [9.17, 15) is 9.59 Å². The number of halogens is 2. The van der Waals surface area contributed by atoms with Crippen molar-refractivity contribution < 1.29 is 9.59 Å². The third kappa shape index (κ3) is 6.45. The van der Waals surface area contributed by atoms with Crippen LogP contribution in [0.1, 0.15) is 41.1 Å². The van der Waals surface area contributed by atoms with Crippen molar-refractivity contribution >= 4 is 52.6 Å². The van der Waals surface area contributed by atoms with E-state index in [0.717, 1.165) is 6.42 Å². The Bertz CT molecular complexity index is 1370. The summed E-state index contributed by atoms with van der Waals surface area (Å²) in [6, 6.07) is 24.4. The van der Waals surface area contributed by atoms with E-state index in [2.05, 4.69) is 12.1 Å². The minimum absolute atomic E-state index is 0.0324. The van der Waals surface area contributed by atoms with Crippen molar-refractivity contribution in [3.63, 3.8) is 0 Å². The molecule has 2 heterocycles. The Kier molecular flexibility index (Phi) is 8.98. The van der Waals surface area contributed by atoms with Gasteiger partial charge in [-0.15, -0.1) is 0 Å². The van der Waals surface area contributed by atoms with Crippen LogP contribution in [0.25, 0.3) is 0 Å².